The number of ether oxygens (including phenoxy) is 1. The van der Waals surface area contributed by atoms with E-state index in [1.54, 1.807) is 24.3 Å². The summed E-state index contributed by atoms with van der Waals surface area (Å²) in [4.78, 5) is 11.0. The van der Waals surface area contributed by atoms with E-state index in [9.17, 15) is 4.79 Å². The van der Waals surface area contributed by atoms with E-state index < -0.39 is 5.97 Å². The first-order valence-electron chi connectivity index (χ1n) is 5.02. The summed E-state index contributed by atoms with van der Waals surface area (Å²) >= 11 is 11.6. The summed E-state index contributed by atoms with van der Waals surface area (Å²) in [5, 5.41) is 10.0. The summed E-state index contributed by atoms with van der Waals surface area (Å²) in [6.07, 6.45) is 0. The third-order valence-corrected chi connectivity index (χ3v) is 2.70. The molecule has 0 bridgehead atoms. The van der Waals surface area contributed by atoms with Crippen LogP contribution in [0.5, 0.6) is 11.5 Å². The number of rotatable bonds is 3. The van der Waals surface area contributed by atoms with Gasteiger partial charge in [-0.15, -0.1) is 0 Å². The molecule has 0 heterocycles. The van der Waals surface area contributed by atoms with Crippen molar-refractivity contribution in [1.82, 2.24) is 0 Å². The van der Waals surface area contributed by atoms with Crippen LogP contribution < -0.4 is 4.74 Å². The molecule has 3 nitrogen and oxygen atoms in total. The highest BCUT2D eigenvalue weighted by molar-refractivity contribution is 6.31. The molecule has 18 heavy (non-hydrogen) atoms. The van der Waals surface area contributed by atoms with Crippen molar-refractivity contribution in [2.45, 2.75) is 0 Å². The van der Waals surface area contributed by atoms with Gasteiger partial charge in [-0.05, 0) is 36.4 Å². The molecule has 0 radical (unpaired) electrons. The molecule has 0 aliphatic rings. The molecule has 0 amide bonds. The van der Waals surface area contributed by atoms with Crippen molar-refractivity contribution in [2.24, 2.45) is 0 Å². The standard InChI is InChI=1S/C13H8Cl2O3/c14-8-1-4-10(5-2-8)18-12-7-9(15)3-6-11(12)13(16)17/h1-7H,(H,16,17). The van der Waals surface area contributed by atoms with Crippen LogP contribution in [0.15, 0.2) is 42.5 Å². The van der Waals surface area contributed by atoms with Gasteiger partial charge in [0.2, 0.25) is 0 Å². The number of carbonyl (C=O) groups is 1. The Balaban J connectivity index is 2.35. The van der Waals surface area contributed by atoms with E-state index in [2.05, 4.69) is 0 Å². The maximum Gasteiger partial charge on any atom is 0.339 e. The lowest BCUT2D eigenvalue weighted by Gasteiger charge is -2.09. The largest absolute Gasteiger partial charge is 0.478 e. The monoisotopic (exact) mass is 282 g/mol. The molecule has 0 atom stereocenters. The Bertz CT molecular complexity index is 579. The molecule has 0 aliphatic carbocycles. The number of hydrogen-bond acceptors (Lipinski definition) is 2. The van der Waals surface area contributed by atoms with E-state index in [1.807, 2.05) is 0 Å². The van der Waals surface area contributed by atoms with E-state index in [0.717, 1.165) is 0 Å². The zero-order valence-electron chi connectivity index (χ0n) is 9.06. The molecule has 2 aromatic rings. The quantitative estimate of drug-likeness (QED) is 0.903. The minimum Gasteiger partial charge on any atom is -0.478 e. The van der Waals surface area contributed by atoms with Crippen LogP contribution in [0.4, 0.5) is 0 Å². The number of carboxylic acids is 1. The van der Waals surface area contributed by atoms with Crippen molar-refractivity contribution in [3.05, 3.63) is 58.1 Å². The fourth-order valence-corrected chi connectivity index (χ4v) is 1.67. The molecule has 0 aliphatic heterocycles. The van der Waals surface area contributed by atoms with Crippen molar-refractivity contribution >= 4 is 29.2 Å². The number of aromatic carboxylic acids is 1. The second-order valence-corrected chi connectivity index (χ2v) is 4.37. The van der Waals surface area contributed by atoms with Crippen molar-refractivity contribution < 1.29 is 14.6 Å². The second kappa shape index (κ2) is 5.29. The molecule has 5 heteroatoms. The first kappa shape index (κ1) is 12.7. The van der Waals surface area contributed by atoms with Gasteiger partial charge in [-0.25, -0.2) is 4.79 Å². The molecule has 0 saturated carbocycles. The SMILES string of the molecule is O=C(O)c1ccc(Cl)cc1Oc1ccc(Cl)cc1. The van der Waals surface area contributed by atoms with Crippen LogP contribution in [0.3, 0.4) is 0 Å². The Morgan fingerprint density at radius 1 is 1.00 bits per heavy atom. The van der Waals surface area contributed by atoms with Crippen LogP contribution in [0, 0.1) is 0 Å². The second-order valence-electron chi connectivity index (χ2n) is 3.50. The van der Waals surface area contributed by atoms with Crippen molar-refractivity contribution in [3.8, 4) is 11.5 Å². The highest BCUT2D eigenvalue weighted by Gasteiger charge is 2.12. The lowest BCUT2D eigenvalue weighted by molar-refractivity contribution is 0.0694. The summed E-state index contributed by atoms with van der Waals surface area (Å²) in [6.45, 7) is 0. The molecule has 0 unspecified atom stereocenters. The fourth-order valence-electron chi connectivity index (χ4n) is 1.39. The first-order valence-corrected chi connectivity index (χ1v) is 5.78. The maximum atomic E-state index is 11.0. The molecule has 0 saturated heterocycles. The molecular formula is C13H8Cl2O3. The zero-order valence-corrected chi connectivity index (χ0v) is 10.6. The minimum atomic E-state index is -1.07. The molecule has 0 fully saturated rings. The third kappa shape index (κ3) is 2.94. The normalized spacial score (nSPS) is 10.1. The average molecular weight is 283 g/mol. The van der Waals surface area contributed by atoms with Gasteiger partial charge in [0.05, 0.1) is 0 Å². The van der Waals surface area contributed by atoms with Crippen LogP contribution in [0.1, 0.15) is 10.4 Å². The van der Waals surface area contributed by atoms with Gasteiger partial charge in [0.25, 0.3) is 0 Å². The predicted octanol–water partition coefficient (Wildman–Crippen LogP) is 4.48. The summed E-state index contributed by atoms with van der Waals surface area (Å²) < 4.78 is 5.48. The summed E-state index contributed by atoms with van der Waals surface area (Å²) in [5.74, 6) is -0.392. The van der Waals surface area contributed by atoms with Gasteiger partial charge in [0.15, 0.2) is 0 Å². The number of halogens is 2. The predicted molar refractivity (Wildman–Crippen MR) is 69.9 cm³/mol. The molecule has 1 N–H and O–H groups in total. The molecule has 2 rings (SSSR count). The third-order valence-electron chi connectivity index (χ3n) is 2.22. The lowest BCUT2D eigenvalue weighted by Crippen LogP contribution is -1.99. The first-order chi connectivity index (χ1) is 8.56. The van der Waals surface area contributed by atoms with Gasteiger partial charge in [-0.2, -0.15) is 0 Å². The zero-order chi connectivity index (χ0) is 13.1. The van der Waals surface area contributed by atoms with Crippen LogP contribution in [-0.2, 0) is 0 Å². The Hall–Kier alpha value is -1.71. The highest BCUT2D eigenvalue weighted by atomic mass is 35.5. The minimum absolute atomic E-state index is 0.0503. The van der Waals surface area contributed by atoms with Gasteiger partial charge < -0.3 is 9.84 Å². The van der Waals surface area contributed by atoms with E-state index in [1.165, 1.54) is 18.2 Å². The number of benzene rings is 2. The van der Waals surface area contributed by atoms with E-state index >= 15 is 0 Å². The van der Waals surface area contributed by atoms with Crippen molar-refractivity contribution in [1.29, 1.82) is 0 Å². The smallest absolute Gasteiger partial charge is 0.339 e. The van der Waals surface area contributed by atoms with Gasteiger partial charge in [0, 0.05) is 16.1 Å². The van der Waals surface area contributed by atoms with Gasteiger partial charge in [0.1, 0.15) is 17.1 Å². The van der Waals surface area contributed by atoms with Gasteiger partial charge >= 0.3 is 5.97 Å². The van der Waals surface area contributed by atoms with Gasteiger partial charge in [-0.1, -0.05) is 23.2 Å². The Labute approximate surface area is 114 Å². The van der Waals surface area contributed by atoms with Crippen LogP contribution >= 0.6 is 23.2 Å². The van der Waals surface area contributed by atoms with Crippen LogP contribution in [-0.4, -0.2) is 11.1 Å². The van der Waals surface area contributed by atoms with Crippen LogP contribution in [0.2, 0.25) is 10.0 Å². The van der Waals surface area contributed by atoms with Crippen molar-refractivity contribution in [3.63, 3.8) is 0 Å². The summed E-state index contributed by atoms with van der Waals surface area (Å²) in [6, 6.07) is 11.0. The summed E-state index contributed by atoms with van der Waals surface area (Å²) in [5.41, 5.74) is 0.0503. The Morgan fingerprint density at radius 2 is 1.61 bits per heavy atom. The highest BCUT2D eigenvalue weighted by Crippen LogP contribution is 2.29. The van der Waals surface area contributed by atoms with E-state index in [4.69, 9.17) is 33.0 Å². The number of hydrogen-bond donors (Lipinski definition) is 1. The Kier molecular flexibility index (Phi) is 3.75. The Morgan fingerprint density at radius 3 is 2.22 bits per heavy atom. The van der Waals surface area contributed by atoms with Crippen LogP contribution in [0.25, 0.3) is 0 Å². The topological polar surface area (TPSA) is 46.5 Å². The van der Waals surface area contributed by atoms with Gasteiger partial charge in [-0.3, -0.25) is 0 Å². The molecule has 92 valence electrons. The van der Waals surface area contributed by atoms with E-state index in [0.29, 0.717) is 15.8 Å². The maximum absolute atomic E-state index is 11.0. The summed E-state index contributed by atoms with van der Waals surface area (Å²) in [7, 11) is 0. The lowest BCUT2D eigenvalue weighted by atomic mass is 10.2. The fraction of sp³-hybridized carbons (Fsp3) is 0. The molecule has 0 aromatic heterocycles. The molecule has 2 aromatic carbocycles. The van der Waals surface area contributed by atoms with Crippen molar-refractivity contribution in [2.75, 3.05) is 0 Å². The molecule has 0 spiro atoms. The van der Waals surface area contributed by atoms with E-state index in [-0.39, 0.29) is 11.3 Å². The number of carboxylic acid groups (broad SMARTS) is 1. The average Bonchev–Trinajstić information content (AvgIpc) is 2.32. The molecular weight excluding hydrogens is 275 g/mol.